The zero-order chi connectivity index (χ0) is 13.8. The van der Waals surface area contributed by atoms with Gasteiger partial charge in [-0.25, -0.2) is 9.37 Å². The number of benzene rings is 1. The van der Waals surface area contributed by atoms with Crippen molar-refractivity contribution in [2.75, 3.05) is 11.9 Å². The summed E-state index contributed by atoms with van der Waals surface area (Å²) in [5.74, 6) is 0.779. The molecule has 4 heteroatoms. The largest absolute Gasteiger partial charge is 0.355 e. The first-order valence-electron chi connectivity index (χ1n) is 7.35. The maximum Gasteiger partial charge on any atom is 0.203 e. The van der Waals surface area contributed by atoms with E-state index in [1.807, 2.05) is 24.5 Å². The van der Waals surface area contributed by atoms with E-state index >= 15 is 0 Å². The average Bonchev–Trinajstić information content (AvgIpc) is 3.11. The molecule has 1 aromatic heterocycles. The summed E-state index contributed by atoms with van der Waals surface area (Å²) in [7, 11) is 0. The summed E-state index contributed by atoms with van der Waals surface area (Å²) in [5.41, 5.74) is 0.749. The van der Waals surface area contributed by atoms with Gasteiger partial charge in [0, 0.05) is 25.0 Å². The zero-order valence-corrected chi connectivity index (χ0v) is 11.6. The Labute approximate surface area is 118 Å². The van der Waals surface area contributed by atoms with Gasteiger partial charge in [-0.05, 0) is 30.9 Å². The van der Waals surface area contributed by atoms with Crippen LogP contribution in [0.4, 0.5) is 10.3 Å². The van der Waals surface area contributed by atoms with Crippen molar-refractivity contribution in [3.8, 4) is 0 Å². The van der Waals surface area contributed by atoms with Crippen LogP contribution in [0.15, 0.2) is 36.7 Å². The lowest BCUT2D eigenvalue weighted by molar-refractivity contribution is 0.523. The fraction of sp³-hybridized carbons (Fsp3) is 0.438. The van der Waals surface area contributed by atoms with Gasteiger partial charge < -0.3 is 9.88 Å². The maximum absolute atomic E-state index is 13.5. The maximum atomic E-state index is 13.5. The summed E-state index contributed by atoms with van der Waals surface area (Å²) >= 11 is 0. The minimum atomic E-state index is -0.131. The van der Waals surface area contributed by atoms with Crippen LogP contribution in [0.1, 0.15) is 37.3 Å². The van der Waals surface area contributed by atoms with Gasteiger partial charge in [0.15, 0.2) is 0 Å². The molecule has 1 saturated carbocycles. The third kappa shape index (κ3) is 2.84. The Morgan fingerprint density at radius 3 is 2.85 bits per heavy atom. The van der Waals surface area contributed by atoms with E-state index in [-0.39, 0.29) is 5.82 Å². The second-order valence-electron chi connectivity index (χ2n) is 5.36. The van der Waals surface area contributed by atoms with Gasteiger partial charge in [-0.2, -0.15) is 0 Å². The first kappa shape index (κ1) is 13.2. The van der Waals surface area contributed by atoms with E-state index in [0.717, 1.165) is 11.5 Å². The fourth-order valence-electron chi connectivity index (χ4n) is 2.94. The molecule has 0 amide bonds. The molecular weight excluding hydrogens is 253 g/mol. The van der Waals surface area contributed by atoms with Gasteiger partial charge in [0.05, 0.1) is 0 Å². The summed E-state index contributed by atoms with van der Waals surface area (Å²) < 4.78 is 15.8. The van der Waals surface area contributed by atoms with Crippen molar-refractivity contribution in [1.29, 1.82) is 0 Å². The molecule has 1 aliphatic rings. The molecule has 0 saturated heterocycles. The number of halogens is 1. The number of anilines is 1. The molecule has 1 heterocycles. The molecule has 1 aliphatic carbocycles. The Bertz CT molecular complexity index is 558. The molecule has 106 valence electrons. The molecule has 2 aromatic rings. The third-order valence-corrected chi connectivity index (χ3v) is 4.02. The number of nitrogens with zero attached hydrogens (tertiary/aromatic N) is 2. The predicted octanol–water partition coefficient (Wildman–Crippen LogP) is 3.79. The van der Waals surface area contributed by atoms with E-state index in [2.05, 4.69) is 14.9 Å². The smallest absolute Gasteiger partial charge is 0.203 e. The molecular formula is C16H20FN3. The third-order valence-electron chi connectivity index (χ3n) is 4.02. The van der Waals surface area contributed by atoms with Gasteiger partial charge in [0.1, 0.15) is 5.82 Å². The predicted molar refractivity (Wildman–Crippen MR) is 78.3 cm³/mol. The van der Waals surface area contributed by atoms with Crippen LogP contribution < -0.4 is 5.32 Å². The van der Waals surface area contributed by atoms with Crippen LogP contribution >= 0.6 is 0 Å². The topological polar surface area (TPSA) is 29.9 Å². The number of hydrogen-bond acceptors (Lipinski definition) is 2. The Balaban J connectivity index is 1.59. The monoisotopic (exact) mass is 273 g/mol. The van der Waals surface area contributed by atoms with Crippen LogP contribution in [-0.2, 0) is 6.42 Å². The Hall–Kier alpha value is -1.84. The van der Waals surface area contributed by atoms with Crippen molar-refractivity contribution in [3.63, 3.8) is 0 Å². The van der Waals surface area contributed by atoms with Crippen LogP contribution in [0.5, 0.6) is 0 Å². The van der Waals surface area contributed by atoms with Crippen LogP contribution in [0.25, 0.3) is 0 Å². The summed E-state index contributed by atoms with van der Waals surface area (Å²) in [6.45, 7) is 0.699. The van der Waals surface area contributed by atoms with Gasteiger partial charge in [0.25, 0.3) is 0 Å². The highest BCUT2D eigenvalue weighted by Gasteiger charge is 2.18. The lowest BCUT2D eigenvalue weighted by Crippen LogP contribution is -2.13. The van der Waals surface area contributed by atoms with E-state index in [0.29, 0.717) is 19.0 Å². The van der Waals surface area contributed by atoms with E-state index in [1.165, 1.54) is 31.7 Å². The lowest BCUT2D eigenvalue weighted by atomic mass is 10.1. The minimum Gasteiger partial charge on any atom is -0.355 e. The Morgan fingerprint density at radius 1 is 1.25 bits per heavy atom. The van der Waals surface area contributed by atoms with Crippen molar-refractivity contribution in [1.82, 2.24) is 9.55 Å². The summed E-state index contributed by atoms with van der Waals surface area (Å²) in [5, 5.41) is 3.33. The molecule has 3 rings (SSSR count). The quantitative estimate of drug-likeness (QED) is 0.898. The van der Waals surface area contributed by atoms with E-state index in [4.69, 9.17) is 0 Å². The molecule has 1 aromatic carbocycles. The highest BCUT2D eigenvalue weighted by molar-refractivity contribution is 5.28. The van der Waals surface area contributed by atoms with Crippen LogP contribution in [0.2, 0.25) is 0 Å². The molecule has 0 atom stereocenters. The van der Waals surface area contributed by atoms with Crippen LogP contribution in [0.3, 0.4) is 0 Å². The molecule has 0 spiro atoms. The fourth-order valence-corrected chi connectivity index (χ4v) is 2.94. The number of aromatic nitrogens is 2. The normalized spacial score (nSPS) is 15.7. The van der Waals surface area contributed by atoms with Crippen molar-refractivity contribution in [3.05, 3.63) is 48.0 Å². The van der Waals surface area contributed by atoms with Gasteiger partial charge in [-0.3, -0.25) is 0 Å². The number of rotatable bonds is 5. The molecule has 3 nitrogen and oxygen atoms in total. The van der Waals surface area contributed by atoms with Crippen LogP contribution in [0, 0.1) is 5.82 Å². The van der Waals surface area contributed by atoms with Gasteiger partial charge >= 0.3 is 0 Å². The summed E-state index contributed by atoms with van der Waals surface area (Å²) in [4.78, 5) is 4.37. The standard InChI is InChI=1S/C16H20FN3/c17-15-8-4-1-5-13(15)9-10-18-16-19-11-12-20(16)14-6-2-3-7-14/h1,4-5,8,11-12,14H,2-3,6-7,9-10H2,(H,18,19). The summed E-state index contributed by atoms with van der Waals surface area (Å²) in [6, 6.07) is 7.51. The van der Waals surface area contributed by atoms with Crippen LogP contribution in [-0.4, -0.2) is 16.1 Å². The molecule has 0 aliphatic heterocycles. The van der Waals surface area contributed by atoms with E-state index < -0.39 is 0 Å². The second-order valence-corrected chi connectivity index (χ2v) is 5.36. The highest BCUT2D eigenvalue weighted by Crippen LogP contribution is 2.31. The highest BCUT2D eigenvalue weighted by atomic mass is 19.1. The van der Waals surface area contributed by atoms with Gasteiger partial charge in [-0.1, -0.05) is 31.0 Å². The SMILES string of the molecule is Fc1ccccc1CCNc1nccn1C1CCCC1. The summed E-state index contributed by atoms with van der Waals surface area (Å²) in [6.07, 6.45) is 9.63. The average molecular weight is 273 g/mol. The molecule has 20 heavy (non-hydrogen) atoms. The number of imidazole rings is 1. The molecule has 1 N–H and O–H groups in total. The van der Waals surface area contributed by atoms with Crippen molar-refractivity contribution >= 4 is 5.95 Å². The van der Waals surface area contributed by atoms with Crippen molar-refractivity contribution < 1.29 is 4.39 Å². The second kappa shape index (κ2) is 6.07. The molecule has 0 bridgehead atoms. The first-order valence-corrected chi connectivity index (χ1v) is 7.35. The lowest BCUT2D eigenvalue weighted by Gasteiger charge is -2.15. The first-order chi connectivity index (χ1) is 9.84. The molecule has 0 unspecified atom stereocenters. The van der Waals surface area contributed by atoms with E-state index in [9.17, 15) is 4.39 Å². The zero-order valence-electron chi connectivity index (χ0n) is 11.6. The Morgan fingerprint density at radius 2 is 2.05 bits per heavy atom. The molecule has 0 radical (unpaired) electrons. The van der Waals surface area contributed by atoms with Crippen molar-refractivity contribution in [2.24, 2.45) is 0 Å². The number of nitrogens with one attached hydrogen (secondary N) is 1. The Kier molecular flexibility index (Phi) is 4.00. The van der Waals surface area contributed by atoms with Gasteiger partial charge in [0.2, 0.25) is 5.95 Å². The minimum absolute atomic E-state index is 0.131. The number of hydrogen-bond donors (Lipinski definition) is 1. The van der Waals surface area contributed by atoms with Crippen molar-refractivity contribution in [2.45, 2.75) is 38.1 Å². The van der Waals surface area contributed by atoms with Gasteiger partial charge in [-0.15, -0.1) is 0 Å². The van der Waals surface area contributed by atoms with E-state index in [1.54, 1.807) is 6.07 Å². The molecule has 1 fully saturated rings.